The quantitative estimate of drug-likeness (QED) is 0.733. The van der Waals surface area contributed by atoms with Crippen molar-refractivity contribution in [3.8, 4) is 0 Å². The Hall–Kier alpha value is -0.0400. The topological polar surface area (TPSA) is 12.0 Å². The van der Waals surface area contributed by atoms with Crippen LogP contribution >= 0.6 is 0 Å². The van der Waals surface area contributed by atoms with E-state index in [-0.39, 0.29) is 0 Å². The van der Waals surface area contributed by atoms with Gasteiger partial charge in [0, 0.05) is 6.04 Å². The minimum absolute atomic E-state index is 0.853. The summed E-state index contributed by atoms with van der Waals surface area (Å²) in [5.41, 5.74) is 0. The lowest BCUT2D eigenvalue weighted by Gasteiger charge is -2.38. The normalized spacial score (nSPS) is 42.8. The first-order valence-corrected chi connectivity index (χ1v) is 7.03. The van der Waals surface area contributed by atoms with E-state index in [1.165, 1.54) is 51.5 Å². The zero-order valence-electron chi connectivity index (χ0n) is 10.5. The van der Waals surface area contributed by atoms with Crippen molar-refractivity contribution in [2.24, 2.45) is 17.8 Å². The Morgan fingerprint density at radius 3 is 2.40 bits per heavy atom. The van der Waals surface area contributed by atoms with E-state index in [1.54, 1.807) is 0 Å². The van der Waals surface area contributed by atoms with Crippen LogP contribution in [0.25, 0.3) is 0 Å². The molecule has 2 fully saturated rings. The molecule has 0 bridgehead atoms. The standard InChI is InChI=1S/C14H27N/c1-3-12-4-6-13(7-5-12)14-10-11(2)8-9-15-14/h11-15H,3-10H2,1-2H3. The van der Waals surface area contributed by atoms with E-state index in [1.807, 2.05) is 0 Å². The zero-order valence-corrected chi connectivity index (χ0v) is 10.5. The van der Waals surface area contributed by atoms with Crippen LogP contribution in [0.15, 0.2) is 0 Å². The molecule has 15 heavy (non-hydrogen) atoms. The summed E-state index contributed by atoms with van der Waals surface area (Å²) in [6.45, 7) is 6.04. The van der Waals surface area contributed by atoms with Crippen molar-refractivity contribution in [3.63, 3.8) is 0 Å². The maximum Gasteiger partial charge on any atom is 0.00978 e. The number of nitrogens with one attached hydrogen (secondary N) is 1. The van der Waals surface area contributed by atoms with E-state index in [2.05, 4.69) is 19.2 Å². The third kappa shape index (κ3) is 2.96. The van der Waals surface area contributed by atoms with Crippen LogP contribution in [0.4, 0.5) is 0 Å². The molecule has 0 radical (unpaired) electrons. The minimum Gasteiger partial charge on any atom is -0.314 e. The molecule has 0 aromatic rings. The molecule has 1 aliphatic heterocycles. The molecule has 88 valence electrons. The van der Waals surface area contributed by atoms with Gasteiger partial charge >= 0.3 is 0 Å². The first-order valence-electron chi connectivity index (χ1n) is 7.03. The summed E-state index contributed by atoms with van der Waals surface area (Å²) in [5.74, 6) is 3.00. The molecule has 1 heteroatoms. The zero-order chi connectivity index (χ0) is 10.7. The molecule has 0 aromatic heterocycles. The molecule has 1 nitrogen and oxygen atoms in total. The van der Waals surface area contributed by atoms with E-state index >= 15 is 0 Å². The van der Waals surface area contributed by atoms with Gasteiger partial charge in [-0.3, -0.25) is 0 Å². The summed E-state index contributed by atoms with van der Waals surface area (Å²) in [4.78, 5) is 0. The molecule has 0 amide bonds. The molecule has 1 aliphatic carbocycles. The minimum atomic E-state index is 0.853. The monoisotopic (exact) mass is 209 g/mol. The maximum atomic E-state index is 3.75. The summed E-state index contributed by atoms with van der Waals surface area (Å²) < 4.78 is 0. The lowest BCUT2D eigenvalue weighted by Crippen LogP contribution is -2.43. The van der Waals surface area contributed by atoms with Crippen molar-refractivity contribution in [3.05, 3.63) is 0 Å². The van der Waals surface area contributed by atoms with Gasteiger partial charge in [0.15, 0.2) is 0 Å². The molecule has 1 saturated carbocycles. The van der Waals surface area contributed by atoms with Gasteiger partial charge in [-0.15, -0.1) is 0 Å². The van der Waals surface area contributed by atoms with E-state index in [4.69, 9.17) is 0 Å². The molecule has 2 unspecified atom stereocenters. The highest BCUT2D eigenvalue weighted by atomic mass is 14.9. The summed E-state index contributed by atoms with van der Waals surface area (Å²) in [5, 5.41) is 3.75. The van der Waals surface area contributed by atoms with Crippen LogP contribution in [0.3, 0.4) is 0 Å². The summed E-state index contributed by atoms with van der Waals surface area (Å²) in [7, 11) is 0. The van der Waals surface area contributed by atoms with Crippen LogP contribution in [-0.2, 0) is 0 Å². The van der Waals surface area contributed by atoms with E-state index in [9.17, 15) is 0 Å². The Kier molecular flexibility index (Phi) is 4.07. The third-order valence-electron chi connectivity index (χ3n) is 4.74. The molecule has 1 saturated heterocycles. The highest BCUT2D eigenvalue weighted by molar-refractivity contribution is 4.85. The van der Waals surface area contributed by atoms with Gasteiger partial charge in [0.25, 0.3) is 0 Å². The highest BCUT2D eigenvalue weighted by Crippen LogP contribution is 2.35. The molecule has 2 aliphatic rings. The van der Waals surface area contributed by atoms with Gasteiger partial charge in [0.2, 0.25) is 0 Å². The van der Waals surface area contributed by atoms with Gasteiger partial charge in [0.05, 0.1) is 0 Å². The Morgan fingerprint density at radius 2 is 1.80 bits per heavy atom. The lowest BCUT2D eigenvalue weighted by molar-refractivity contribution is 0.176. The smallest absolute Gasteiger partial charge is 0.00978 e. The van der Waals surface area contributed by atoms with Crippen LogP contribution in [0.1, 0.15) is 58.8 Å². The Labute approximate surface area is 95.0 Å². The molecule has 1 N–H and O–H groups in total. The fraction of sp³-hybridized carbons (Fsp3) is 1.00. The van der Waals surface area contributed by atoms with E-state index in [0.717, 1.165) is 23.8 Å². The molecule has 2 rings (SSSR count). The second-order valence-electron chi connectivity index (χ2n) is 5.88. The Morgan fingerprint density at radius 1 is 1.07 bits per heavy atom. The van der Waals surface area contributed by atoms with Crippen molar-refractivity contribution in [2.75, 3.05) is 6.54 Å². The molecule has 2 atom stereocenters. The largest absolute Gasteiger partial charge is 0.314 e. The van der Waals surface area contributed by atoms with Crippen molar-refractivity contribution in [1.29, 1.82) is 0 Å². The van der Waals surface area contributed by atoms with Gasteiger partial charge in [-0.05, 0) is 50.0 Å². The second kappa shape index (κ2) is 5.34. The van der Waals surface area contributed by atoms with Crippen molar-refractivity contribution < 1.29 is 0 Å². The number of hydrogen-bond donors (Lipinski definition) is 1. The van der Waals surface area contributed by atoms with Gasteiger partial charge in [-0.25, -0.2) is 0 Å². The van der Waals surface area contributed by atoms with E-state index in [0.29, 0.717) is 0 Å². The van der Waals surface area contributed by atoms with Crippen LogP contribution in [-0.4, -0.2) is 12.6 Å². The van der Waals surface area contributed by atoms with Crippen LogP contribution in [0.5, 0.6) is 0 Å². The average Bonchev–Trinajstić information content (AvgIpc) is 2.29. The van der Waals surface area contributed by atoms with Crippen LogP contribution in [0, 0.1) is 17.8 Å². The Balaban J connectivity index is 1.79. The van der Waals surface area contributed by atoms with Crippen LogP contribution < -0.4 is 5.32 Å². The lowest BCUT2D eigenvalue weighted by atomic mass is 9.74. The third-order valence-corrected chi connectivity index (χ3v) is 4.74. The fourth-order valence-corrected chi connectivity index (χ4v) is 3.51. The second-order valence-corrected chi connectivity index (χ2v) is 5.88. The number of piperidine rings is 1. The van der Waals surface area contributed by atoms with E-state index < -0.39 is 0 Å². The van der Waals surface area contributed by atoms with Crippen LogP contribution in [0.2, 0.25) is 0 Å². The summed E-state index contributed by atoms with van der Waals surface area (Å²) in [6, 6.07) is 0.853. The summed E-state index contributed by atoms with van der Waals surface area (Å²) in [6.07, 6.45) is 10.2. The molecule has 1 heterocycles. The molecule has 0 aromatic carbocycles. The average molecular weight is 209 g/mol. The highest BCUT2D eigenvalue weighted by Gasteiger charge is 2.29. The van der Waals surface area contributed by atoms with Crippen molar-refractivity contribution >= 4 is 0 Å². The van der Waals surface area contributed by atoms with Crippen molar-refractivity contribution in [1.82, 2.24) is 5.32 Å². The predicted octanol–water partition coefficient (Wildman–Crippen LogP) is 3.59. The number of hydrogen-bond acceptors (Lipinski definition) is 1. The van der Waals surface area contributed by atoms with Gasteiger partial charge in [-0.1, -0.05) is 33.1 Å². The summed E-state index contributed by atoms with van der Waals surface area (Å²) >= 11 is 0. The maximum absolute atomic E-state index is 3.75. The molecular formula is C14H27N. The first kappa shape index (κ1) is 11.4. The predicted molar refractivity (Wildman–Crippen MR) is 65.9 cm³/mol. The van der Waals surface area contributed by atoms with Crippen molar-refractivity contribution in [2.45, 2.75) is 64.8 Å². The van der Waals surface area contributed by atoms with Gasteiger partial charge in [-0.2, -0.15) is 0 Å². The van der Waals surface area contributed by atoms with Gasteiger partial charge in [0.1, 0.15) is 0 Å². The fourth-order valence-electron chi connectivity index (χ4n) is 3.51. The number of rotatable bonds is 2. The molecule has 0 spiro atoms. The Bertz CT molecular complexity index is 182. The first-order chi connectivity index (χ1) is 7.29. The SMILES string of the molecule is CCC1CCC(C2CC(C)CCN2)CC1. The molecular weight excluding hydrogens is 182 g/mol. The van der Waals surface area contributed by atoms with Gasteiger partial charge < -0.3 is 5.32 Å².